The first-order valence-electron chi connectivity index (χ1n) is 8.64. The molecule has 2 aromatic rings. The zero-order chi connectivity index (χ0) is 18.1. The topological polar surface area (TPSA) is 76.4 Å². The van der Waals surface area contributed by atoms with Gasteiger partial charge >= 0.3 is 0 Å². The highest BCUT2D eigenvalue weighted by Crippen LogP contribution is 2.17. The zero-order valence-corrected chi connectivity index (χ0v) is 18.3. The van der Waals surface area contributed by atoms with Gasteiger partial charge in [-0.2, -0.15) is 0 Å². The van der Waals surface area contributed by atoms with Crippen molar-refractivity contribution in [3.63, 3.8) is 0 Å². The Morgan fingerprint density at radius 2 is 2.00 bits per heavy atom. The number of para-hydroxylation sites is 1. The number of aromatic nitrogens is 3. The van der Waals surface area contributed by atoms with Crippen LogP contribution in [-0.4, -0.2) is 34.4 Å². The van der Waals surface area contributed by atoms with E-state index in [-0.39, 0.29) is 24.0 Å². The third-order valence-electron chi connectivity index (χ3n) is 4.02. The second-order valence-corrected chi connectivity index (χ2v) is 5.83. The van der Waals surface area contributed by atoms with Crippen LogP contribution in [0.25, 0.3) is 0 Å². The highest BCUT2D eigenvalue weighted by atomic mass is 127. The van der Waals surface area contributed by atoms with Crippen molar-refractivity contribution in [3.05, 3.63) is 41.5 Å². The monoisotopic (exact) mass is 472 g/mol. The van der Waals surface area contributed by atoms with Crippen LogP contribution < -0.4 is 15.4 Å². The molecule has 26 heavy (non-hydrogen) atoms. The first kappa shape index (κ1) is 22.2. The molecule has 0 amide bonds. The van der Waals surface area contributed by atoms with Crippen molar-refractivity contribution in [1.82, 2.24) is 25.4 Å². The number of halogens is 1. The standard InChI is InChI=1S/C18H28N6O.HI/c1-5-6-11-19-18(21-13-17-23-22-14(2)24(17)3)20-12-15-9-7-8-10-16(15)25-4;/h7-10H,5-6,11-13H2,1-4H3,(H2,19,20,21);1H. The molecular weight excluding hydrogens is 443 g/mol. The van der Waals surface area contributed by atoms with Gasteiger partial charge in [-0.1, -0.05) is 31.5 Å². The largest absolute Gasteiger partial charge is 0.496 e. The maximum Gasteiger partial charge on any atom is 0.191 e. The molecule has 1 aromatic heterocycles. The van der Waals surface area contributed by atoms with Gasteiger partial charge in [0.25, 0.3) is 0 Å². The smallest absolute Gasteiger partial charge is 0.191 e. The fourth-order valence-corrected chi connectivity index (χ4v) is 2.32. The quantitative estimate of drug-likeness (QED) is 0.268. The van der Waals surface area contributed by atoms with Gasteiger partial charge in [-0.05, 0) is 19.4 Å². The number of aliphatic imine (C=N–C) groups is 1. The van der Waals surface area contributed by atoms with Crippen LogP contribution in [0.3, 0.4) is 0 Å². The number of hydrogen-bond acceptors (Lipinski definition) is 4. The van der Waals surface area contributed by atoms with Gasteiger partial charge in [0.2, 0.25) is 0 Å². The van der Waals surface area contributed by atoms with E-state index in [1.165, 1.54) is 0 Å². The second-order valence-electron chi connectivity index (χ2n) is 5.83. The van der Waals surface area contributed by atoms with Gasteiger partial charge in [0, 0.05) is 19.2 Å². The lowest BCUT2D eigenvalue weighted by molar-refractivity contribution is 0.410. The Labute approximate surface area is 172 Å². The number of benzene rings is 1. The molecule has 0 fully saturated rings. The lowest BCUT2D eigenvalue weighted by atomic mass is 10.2. The first-order valence-corrected chi connectivity index (χ1v) is 8.64. The molecule has 0 saturated heterocycles. The van der Waals surface area contributed by atoms with Crippen LogP contribution >= 0.6 is 24.0 Å². The van der Waals surface area contributed by atoms with E-state index in [4.69, 9.17) is 4.74 Å². The number of aryl methyl sites for hydroxylation is 1. The number of methoxy groups -OCH3 is 1. The molecule has 0 saturated carbocycles. The van der Waals surface area contributed by atoms with E-state index in [2.05, 4.69) is 32.7 Å². The summed E-state index contributed by atoms with van der Waals surface area (Å²) in [5.41, 5.74) is 1.05. The predicted octanol–water partition coefficient (Wildman–Crippen LogP) is 2.79. The minimum absolute atomic E-state index is 0. The Morgan fingerprint density at radius 3 is 2.65 bits per heavy atom. The number of guanidine groups is 1. The van der Waals surface area contributed by atoms with Crippen LogP contribution in [0.2, 0.25) is 0 Å². The molecule has 8 heteroatoms. The number of ether oxygens (including phenoxy) is 1. The Balaban J connectivity index is 0.00000338. The molecule has 0 bridgehead atoms. The Hall–Kier alpha value is -1.84. The summed E-state index contributed by atoms with van der Waals surface area (Å²) < 4.78 is 7.36. The second kappa shape index (κ2) is 11.7. The fourth-order valence-electron chi connectivity index (χ4n) is 2.32. The van der Waals surface area contributed by atoms with Crippen LogP contribution in [-0.2, 0) is 20.1 Å². The Kier molecular flexibility index (Phi) is 10.0. The minimum atomic E-state index is 0. The Bertz CT molecular complexity index is 701. The van der Waals surface area contributed by atoms with E-state index in [1.807, 2.05) is 42.8 Å². The maximum absolute atomic E-state index is 5.39. The molecule has 0 radical (unpaired) electrons. The lowest BCUT2D eigenvalue weighted by Gasteiger charge is -2.13. The molecule has 2 rings (SSSR count). The minimum Gasteiger partial charge on any atom is -0.496 e. The van der Waals surface area contributed by atoms with Gasteiger partial charge in [0.15, 0.2) is 11.8 Å². The summed E-state index contributed by atoms with van der Waals surface area (Å²) in [6.45, 7) is 6.10. The summed E-state index contributed by atoms with van der Waals surface area (Å²) in [6.07, 6.45) is 2.23. The van der Waals surface area contributed by atoms with Crippen molar-refractivity contribution in [1.29, 1.82) is 0 Å². The summed E-state index contributed by atoms with van der Waals surface area (Å²) in [5.74, 6) is 3.38. The molecule has 2 N–H and O–H groups in total. The first-order chi connectivity index (χ1) is 12.2. The number of hydrogen-bond donors (Lipinski definition) is 2. The summed E-state index contributed by atoms with van der Waals surface area (Å²) in [4.78, 5) is 4.68. The number of nitrogens with one attached hydrogen (secondary N) is 2. The van der Waals surface area contributed by atoms with E-state index in [1.54, 1.807) is 7.11 Å². The average Bonchev–Trinajstić information content (AvgIpc) is 2.95. The molecule has 7 nitrogen and oxygen atoms in total. The molecular formula is C18H29IN6O. The lowest BCUT2D eigenvalue weighted by Crippen LogP contribution is -2.38. The summed E-state index contributed by atoms with van der Waals surface area (Å²) in [5, 5.41) is 15.0. The number of rotatable bonds is 8. The molecule has 0 atom stereocenters. The molecule has 1 heterocycles. The summed E-state index contributed by atoms with van der Waals surface area (Å²) in [6, 6.07) is 7.93. The molecule has 0 aliphatic heterocycles. The van der Waals surface area contributed by atoms with Crippen LogP contribution in [0.4, 0.5) is 0 Å². The van der Waals surface area contributed by atoms with Crippen LogP contribution in [0.15, 0.2) is 29.3 Å². The van der Waals surface area contributed by atoms with Crippen LogP contribution in [0.5, 0.6) is 5.75 Å². The third kappa shape index (κ3) is 6.47. The summed E-state index contributed by atoms with van der Waals surface area (Å²) in [7, 11) is 3.64. The van der Waals surface area contributed by atoms with Crippen LogP contribution in [0, 0.1) is 6.92 Å². The van der Waals surface area contributed by atoms with Crippen molar-refractivity contribution < 1.29 is 4.74 Å². The van der Waals surface area contributed by atoms with Gasteiger partial charge in [-0.25, -0.2) is 4.99 Å². The van der Waals surface area contributed by atoms with Gasteiger partial charge in [0.1, 0.15) is 11.6 Å². The van der Waals surface area contributed by atoms with E-state index < -0.39 is 0 Å². The van der Waals surface area contributed by atoms with E-state index >= 15 is 0 Å². The molecule has 1 aromatic carbocycles. The highest BCUT2D eigenvalue weighted by molar-refractivity contribution is 14.0. The van der Waals surface area contributed by atoms with Gasteiger partial charge in [-0.3, -0.25) is 0 Å². The predicted molar refractivity (Wildman–Crippen MR) is 115 cm³/mol. The SMILES string of the molecule is CCCCNC(=NCc1ccccc1OC)NCc1nnc(C)n1C.I. The van der Waals surface area contributed by atoms with Gasteiger partial charge in [0.05, 0.1) is 20.2 Å². The van der Waals surface area contributed by atoms with Gasteiger partial charge < -0.3 is 19.9 Å². The van der Waals surface area contributed by atoms with Crippen LogP contribution in [0.1, 0.15) is 37.0 Å². The maximum atomic E-state index is 5.39. The van der Waals surface area contributed by atoms with Crippen molar-refractivity contribution in [2.45, 2.75) is 39.8 Å². The number of unbranched alkanes of at least 4 members (excludes halogenated alkanes) is 1. The normalized spacial score (nSPS) is 11.0. The molecule has 0 aliphatic rings. The fraction of sp³-hybridized carbons (Fsp3) is 0.500. The van der Waals surface area contributed by atoms with E-state index in [9.17, 15) is 0 Å². The Morgan fingerprint density at radius 1 is 1.23 bits per heavy atom. The van der Waals surface area contributed by atoms with E-state index in [0.717, 1.165) is 48.3 Å². The molecule has 0 unspecified atom stereocenters. The van der Waals surface area contributed by atoms with Gasteiger partial charge in [-0.15, -0.1) is 34.2 Å². The zero-order valence-electron chi connectivity index (χ0n) is 16.0. The van der Waals surface area contributed by atoms with Crippen molar-refractivity contribution >= 4 is 29.9 Å². The molecule has 144 valence electrons. The molecule has 0 aliphatic carbocycles. The molecule has 0 spiro atoms. The average molecular weight is 472 g/mol. The number of nitrogens with zero attached hydrogens (tertiary/aromatic N) is 4. The highest BCUT2D eigenvalue weighted by Gasteiger charge is 2.07. The summed E-state index contributed by atoms with van der Waals surface area (Å²) >= 11 is 0. The van der Waals surface area contributed by atoms with E-state index in [0.29, 0.717) is 13.1 Å². The third-order valence-corrected chi connectivity index (χ3v) is 4.02. The van der Waals surface area contributed by atoms with Crippen molar-refractivity contribution in [3.8, 4) is 5.75 Å². The van der Waals surface area contributed by atoms with Crippen molar-refractivity contribution in [2.75, 3.05) is 13.7 Å². The van der Waals surface area contributed by atoms with Crippen molar-refractivity contribution in [2.24, 2.45) is 12.0 Å².